The number of likely N-dealkylation sites (N-methyl/N-ethyl adjacent to an activating group) is 1. The van der Waals surface area contributed by atoms with E-state index in [1.807, 2.05) is 47.0 Å². The van der Waals surface area contributed by atoms with E-state index in [0.29, 0.717) is 30.8 Å². The number of piperazine rings is 1. The maximum absolute atomic E-state index is 14.5. The van der Waals surface area contributed by atoms with E-state index in [4.69, 9.17) is 0 Å². The number of fused-ring (bicyclic) bond motifs is 1. The standard InChI is InChI=1S/C31H31FN5O/c1-34-14-16-35(17-15-34)31(38)28-21-37(2,20-27(28)26-12-7-10-23-8-3-5-11-25(23)26)30-18-33-22-36(30)19-24-9-4-6-13-29(24)32/h3-13,18,20-22H,14-17,19H2,1-2H3/q+1. The van der Waals surface area contributed by atoms with E-state index >= 15 is 0 Å². The molecule has 1 amide bonds. The van der Waals surface area contributed by atoms with E-state index in [1.165, 1.54) is 6.07 Å². The van der Waals surface area contributed by atoms with Gasteiger partial charge in [-0.1, -0.05) is 60.7 Å². The highest BCUT2D eigenvalue weighted by molar-refractivity contribution is 6.14. The Hall–Kier alpha value is -4.07. The van der Waals surface area contributed by atoms with Crippen LogP contribution < -0.4 is 4.48 Å². The van der Waals surface area contributed by atoms with Crippen LogP contribution in [-0.4, -0.2) is 65.5 Å². The van der Waals surface area contributed by atoms with Gasteiger partial charge in [-0.15, -0.1) is 0 Å². The first-order valence-electron chi connectivity index (χ1n) is 12.9. The highest BCUT2D eigenvalue weighted by Gasteiger charge is 2.39. The number of hydrogen-bond acceptors (Lipinski definition) is 3. The molecular formula is C31H31FN5O+. The number of hydrogen-bond donors (Lipinski definition) is 0. The lowest BCUT2D eigenvalue weighted by Crippen LogP contribution is -2.47. The molecule has 3 heterocycles. The summed E-state index contributed by atoms with van der Waals surface area (Å²) in [6.07, 6.45) is 7.68. The summed E-state index contributed by atoms with van der Waals surface area (Å²) < 4.78 is 16.7. The highest BCUT2D eigenvalue weighted by atomic mass is 19.1. The number of imidazole rings is 1. The lowest BCUT2D eigenvalue weighted by molar-refractivity contribution is -0.128. The van der Waals surface area contributed by atoms with Crippen molar-refractivity contribution in [1.82, 2.24) is 23.8 Å². The molecule has 6 nitrogen and oxygen atoms in total. The predicted molar refractivity (Wildman–Crippen MR) is 150 cm³/mol. The summed E-state index contributed by atoms with van der Waals surface area (Å²) in [6, 6.07) is 21.3. The van der Waals surface area contributed by atoms with Gasteiger partial charge >= 0.3 is 0 Å². The summed E-state index contributed by atoms with van der Waals surface area (Å²) >= 11 is 0. The van der Waals surface area contributed by atoms with Crippen LogP contribution in [0.1, 0.15) is 11.1 Å². The third kappa shape index (κ3) is 4.34. The van der Waals surface area contributed by atoms with Crippen molar-refractivity contribution in [2.24, 2.45) is 0 Å². The second-order valence-electron chi connectivity index (χ2n) is 10.3. The summed E-state index contributed by atoms with van der Waals surface area (Å²) in [4.78, 5) is 22.6. The van der Waals surface area contributed by atoms with E-state index in [2.05, 4.69) is 47.4 Å². The summed E-state index contributed by atoms with van der Waals surface area (Å²) in [5, 5.41) is 2.23. The fraction of sp³-hybridized carbons (Fsp3) is 0.226. The van der Waals surface area contributed by atoms with Crippen LogP contribution >= 0.6 is 0 Å². The van der Waals surface area contributed by atoms with Crippen molar-refractivity contribution >= 4 is 28.1 Å². The number of aromatic nitrogens is 2. The van der Waals surface area contributed by atoms with Gasteiger partial charge in [0, 0.05) is 31.7 Å². The zero-order chi connectivity index (χ0) is 26.3. The summed E-state index contributed by atoms with van der Waals surface area (Å²) in [7, 11) is 4.13. The quantitative estimate of drug-likeness (QED) is 0.361. The number of halogens is 1. The van der Waals surface area contributed by atoms with Crippen LogP contribution in [-0.2, 0) is 11.3 Å². The lowest BCUT2D eigenvalue weighted by atomic mass is 9.94. The molecule has 1 unspecified atom stereocenters. The number of amides is 1. The maximum Gasteiger partial charge on any atom is 0.260 e. The van der Waals surface area contributed by atoms with Crippen molar-refractivity contribution in [3.05, 3.63) is 114 Å². The first-order chi connectivity index (χ1) is 18.4. The number of quaternary nitrogens is 1. The van der Waals surface area contributed by atoms with Gasteiger partial charge < -0.3 is 9.80 Å². The van der Waals surface area contributed by atoms with Gasteiger partial charge in [-0.2, -0.15) is 0 Å². The molecule has 0 radical (unpaired) electrons. The van der Waals surface area contributed by atoms with E-state index in [0.717, 1.165) is 40.8 Å². The molecule has 6 rings (SSSR count). The molecule has 0 N–H and O–H groups in total. The maximum atomic E-state index is 14.5. The molecule has 1 atom stereocenters. The first kappa shape index (κ1) is 24.3. The Balaban J connectivity index is 1.46. The molecule has 0 bridgehead atoms. The Morgan fingerprint density at radius 2 is 1.68 bits per heavy atom. The van der Waals surface area contributed by atoms with Gasteiger partial charge in [-0.05, 0) is 29.4 Å². The molecule has 7 heteroatoms. The Bertz CT molecular complexity index is 1570. The van der Waals surface area contributed by atoms with Crippen molar-refractivity contribution in [1.29, 1.82) is 0 Å². The SMILES string of the molecule is CN1CCN(C(=O)C2=C[N+](C)(c3cncn3Cc3ccccc3F)C=C2c2cccc3ccccc23)CC1. The summed E-state index contributed by atoms with van der Waals surface area (Å²) in [5.41, 5.74) is 3.21. The van der Waals surface area contributed by atoms with Crippen LogP contribution in [0.15, 0.2) is 97.2 Å². The van der Waals surface area contributed by atoms with E-state index < -0.39 is 0 Å². The number of benzene rings is 3. The zero-order valence-electron chi connectivity index (χ0n) is 21.7. The van der Waals surface area contributed by atoms with Gasteiger partial charge in [-0.3, -0.25) is 9.36 Å². The highest BCUT2D eigenvalue weighted by Crippen LogP contribution is 2.40. The third-order valence-corrected chi connectivity index (χ3v) is 7.67. The Morgan fingerprint density at radius 1 is 0.947 bits per heavy atom. The minimum absolute atomic E-state index is 0.0410. The topological polar surface area (TPSA) is 41.4 Å². The minimum Gasteiger partial charge on any atom is -0.336 e. The molecule has 0 spiro atoms. The third-order valence-electron chi connectivity index (χ3n) is 7.67. The van der Waals surface area contributed by atoms with Crippen LogP contribution in [0, 0.1) is 5.82 Å². The number of rotatable bonds is 5. The van der Waals surface area contributed by atoms with Gasteiger partial charge in [0.1, 0.15) is 30.0 Å². The lowest BCUT2D eigenvalue weighted by Gasteiger charge is -2.32. The molecular weight excluding hydrogens is 477 g/mol. The molecule has 1 aromatic heterocycles. The molecule has 2 aliphatic heterocycles. The predicted octanol–water partition coefficient (Wildman–Crippen LogP) is 4.87. The van der Waals surface area contributed by atoms with Gasteiger partial charge in [-0.25, -0.2) is 13.9 Å². The molecule has 3 aromatic carbocycles. The minimum atomic E-state index is -0.246. The van der Waals surface area contributed by atoms with Crippen molar-refractivity contribution in [2.75, 3.05) is 40.3 Å². The van der Waals surface area contributed by atoms with Gasteiger partial charge in [0.05, 0.1) is 25.5 Å². The fourth-order valence-corrected chi connectivity index (χ4v) is 5.52. The van der Waals surface area contributed by atoms with Crippen LogP contribution in [0.25, 0.3) is 16.3 Å². The van der Waals surface area contributed by atoms with Crippen molar-refractivity contribution < 1.29 is 9.18 Å². The van der Waals surface area contributed by atoms with Crippen LogP contribution in [0.4, 0.5) is 10.2 Å². The average Bonchev–Trinajstić information content (AvgIpc) is 3.55. The van der Waals surface area contributed by atoms with Crippen LogP contribution in [0.2, 0.25) is 0 Å². The molecule has 2 aliphatic rings. The second-order valence-corrected chi connectivity index (χ2v) is 10.3. The first-order valence-corrected chi connectivity index (χ1v) is 12.9. The summed E-state index contributed by atoms with van der Waals surface area (Å²) in [6.45, 7) is 3.46. The Labute approximate surface area is 222 Å². The van der Waals surface area contributed by atoms with E-state index in [1.54, 1.807) is 24.7 Å². The molecule has 38 heavy (non-hydrogen) atoms. The Morgan fingerprint density at radius 3 is 2.50 bits per heavy atom. The molecule has 0 saturated carbocycles. The monoisotopic (exact) mass is 508 g/mol. The zero-order valence-corrected chi connectivity index (χ0v) is 21.7. The second kappa shape index (κ2) is 9.67. The number of carbonyl (C=O) groups excluding carboxylic acids is 1. The van der Waals surface area contributed by atoms with Gasteiger partial charge in [0.2, 0.25) is 5.82 Å². The molecule has 1 fully saturated rings. The van der Waals surface area contributed by atoms with Crippen LogP contribution in [0.3, 0.4) is 0 Å². The fourth-order valence-electron chi connectivity index (χ4n) is 5.52. The molecule has 192 valence electrons. The number of carbonyl (C=O) groups is 1. The molecule has 0 aliphatic carbocycles. The van der Waals surface area contributed by atoms with E-state index in [9.17, 15) is 9.18 Å². The number of nitrogens with zero attached hydrogens (tertiary/aromatic N) is 5. The van der Waals surface area contributed by atoms with Crippen molar-refractivity contribution in [3.8, 4) is 0 Å². The molecule has 4 aromatic rings. The van der Waals surface area contributed by atoms with Gasteiger partial charge in [0.25, 0.3) is 5.91 Å². The van der Waals surface area contributed by atoms with Gasteiger partial charge in [0.15, 0.2) is 0 Å². The van der Waals surface area contributed by atoms with E-state index in [-0.39, 0.29) is 16.2 Å². The average molecular weight is 509 g/mol. The van der Waals surface area contributed by atoms with Crippen molar-refractivity contribution in [3.63, 3.8) is 0 Å². The Kier molecular flexibility index (Phi) is 6.18. The smallest absolute Gasteiger partial charge is 0.260 e. The van der Waals surface area contributed by atoms with Crippen molar-refractivity contribution in [2.45, 2.75) is 6.54 Å². The normalized spacial score (nSPS) is 20.0. The summed E-state index contributed by atoms with van der Waals surface area (Å²) in [5.74, 6) is 0.649. The molecule has 1 saturated heterocycles. The largest absolute Gasteiger partial charge is 0.336 e. The van der Waals surface area contributed by atoms with Crippen LogP contribution in [0.5, 0.6) is 0 Å².